The van der Waals surface area contributed by atoms with E-state index in [0.717, 1.165) is 18.8 Å². The molecule has 2 rings (SSSR count). The lowest BCUT2D eigenvalue weighted by Gasteiger charge is -2.23. The van der Waals surface area contributed by atoms with Crippen molar-refractivity contribution in [1.29, 1.82) is 0 Å². The quantitative estimate of drug-likeness (QED) is 0.816. The number of hydrazone groups is 1. The summed E-state index contributed by atoms with van der Waals surface area (Å²) in [6.45, 7) is 2.00. The molecule has 0 amide bonds. The summed E-state index contributed by atoms with van der Waals surface area (Å²) in [7, 11) is 1.61. The molecule has 1 aromatic rings. The Morgan fingerprint density at radius 1 is 1.29 bits per heavy atom. The molecular formula is C13H18N2O2. The van der Waals surface area contributed by atoms with Gasteiger partial charge in [0.05, 0.1) is 13.3 Å². The largest absolute Gasteiger partial charge is 0.507 e. The number of hydrogen-bond acceptors (Lipinski definition) is 4. The van der Waals surface area contributed by atoms with E-state index in [1.165, 1.54) is 19.3 Å². The van der Waals surface area contributed by atoms with Gasteiger partial charge in [0.1, 0.15) is 11.5 Å². The van der Waals surface area contributed by atoms with E-state index in [1.807, 2.05) is 5.01 Å². The number of methoxy groups -OCH3 is 1. The van der Waals surface area contributed by atoms with Gasteiger partial charge in [-0.25, -0.2) is 0 Å². The van der Waals surface area contributed by atoms with Crippen LogP contribution < -0.4 is 4.74 Å². The molecule has 1 N–H and O–H groups in total. The number of phenols is 1. The first-order valence-corrected chi connectivity index (χ1v) is 5.95. The van der Waals surface area contributed by atoms with Crippen molar-refractivity contribution in [2.24, 2.45) is 5.10 Å². The second-order valence-corrected chi connectivity index (χ2v) is 4.18. The van der Waals surface area contributed by atoms with Crippen LogP contribution in [0.1, 0.15) is 24.8 Å². The summed E-state index contributed by atoms with van der Waals surface area (Å²) in [6, 6.07) is 5.13. The van der Waals surface area contributed by atoms with Gasteiger partial charge in [-0.3, -0.25) is 5.01 Å². The fraction of sp³-hybridized carbons (Fsp3) is 0.462. The van der Waals surface area contributed by atoms with Crippen molar-refractivity contribution in [2.75, 3.05) is 20.2 Å². The predicted octanol–water partition coefficient (Wildman–Crippen LogP) is 2.22. The predicted molar refractivity (Wildman–Crippen MR) is 67.7 cm³/mol. The molecular weight excluding hydrogens is 216 g/mol. The zero-order valence-electron chi connectivity index (χ0n) is 10.1. The van der Waals surface area contributed by atoms with E-state index in [2.05, 4.69) is 5.10 Å². The number of aromatic hydroxyl groups is 1. The molecule has 1 fully saturated rings. The summed E-state index contributed by atoms with van der Waals surface area (Å²) >= 11 is 0. The second-order valence-electron chi connectivity index (χ2n) is 4.18. The van der Waals surface area contributed by atoms with Crippen molar-refractivity contribution in [3.63, 3.8) is 0 Å². The van der Waals surface area contributed by atoms with Gasteiger partial charge in [-0.05, 0) is 37.5 Å². The molecule has 92 valence electrons. The number of benzene rings is 1. The number of piperidine rings is 1. The lowest BCUT2D eigenvalue weighted by molar-refractivity contribution is 0.240. The monoisotopic (exact) mass is 234 g/mol. The van der Waals surface area contributed by atoms with Gasteiger partial charge in [0, 0.05) is 18.7 Å². The Morgan fingerprint density at radius 3 is 2.76 bits per heavy atom. The summed E-state index contributed by atoms with van der Waals surface area (Å²) < 4.78 is 5.12. The minimum absolute atomic E-state index is 0.228. The summed E-state index contributed by atoms with van der Waals surface area (Å²) in [5, 5.41) is 16.1. The van der Waals surface area contributed by atoms with Gasteiger partial charge < -0.3 is 9.84 Å². The third-order valence-corrected chi connectivity index (χ3v) is 2.93. The highest BCUT2D eigenvalue weighted by molar-refractivity contribution is 5.83. The maximum absolute atomic E-state index is 9.69. The van der Waals surface area contributed by atoms with Crippen LogP contribution in [0, 0.1) is 0 Å². The molecule has 1 aliphatic rings. The SMILES string of the molecule is COc1ccc(O)c(/C=N/N2CCCCC2)c1. The van der Waals surface area contributed by atoms with Crippen LogP contribution in [0.15, 0.2) is 23.3 Å². The zero-order chi connectivity index (χ0) is 12.1. The first-order chi connectivity index (χ1) is 8.29. The molecule has 0 unspecified atom stereocenters. The molecule has 0 saturated carbocycles. The van der Waals surface area contributed by atoms with E-state index >= 15 is 0 Å². The van der Waals surface area contributed by atoms with Crippen LogP contribution in [-0.2, 0) is 0 Å². The Kier molecular flexibility index (Phi) is 3.85. The van der Waals surface area contributed by atoms with E-state index < -0.39 is 0 Å². The summed E-state index contributed by atoms with van der Waals surface area (Å²) in [6.07, 6.45) is 5.38. The first kappa shape index (κ1) is 11.8. The smallest absolute Gasteiger partial charge is 0.124 e. The van der Waals surface area contributed by atoms with E-state index in [4.69, 9.17) is 4.74 Å². The van der Waals surface area contributed by atoms with Gasteiger partial charge in [-0.1, -0.05) is 0 Å². The van der Waals surface area contributed by atoms with Crippen molar-refractivity contribution in [2.45, 2.75) is 19.3 Å². The standard InChI is InChI=1S/C13H18N2O2/c1-17-12-5-6-13(16)11(9-12)10-14-15-7-3-2-4-8-15/h5-6,9-10,16H,2-4,7-8H2,1H3/b14-10+. The molecule has 0 radical (unpaired) electrons. The van der Waals surface area contributed by atoms with Gasteiger partial charge in [0.15, 0.2) is 0 Å². The third kappa shape index (κ3) is 3.12. The minimum Gasteiger partial charge on any atom is -0.507 e. The van der Waals surface area contributed by atoms with Crippen LogP contribution in [0.3, 0.4) is 0 Å². The maximum atomic E-state index is 9.69. The van der Waals surface area contributed by atoms with Crippen LogP contribution >= 0.6 is 0 Å². The zero-order valence-corrected chi connectivity index (χ0v) is 10.1. The van der Waals surface area contributed by atoms with Crippen LogP contribution in [0.4, 0.5) is 0 Å². The lowest BCUT2D eigenvalue weighted by atomic mass is 10.2. The molecule has 1 saturated heterocycles. The van der Waals surface area contributed by atoms with E-state index in [0.29, 0.717) is 5.56 Å². The van der Waals surface area contributed by atoms with E-state index in [-0.39, 0.29) is 5.75 Å². The van der Waals surface area contributed by atoms with Crippen molar-refractivity contribution < 1.29 is 9.84 Å². The van der Waals surface area contributed by atoms with Crippen molar-refractivity contribution in [3.05, 3.63) is 23.8 Å². The van der Waals surface area contributed by atoms with Crippen molar-refractivity contribution >= 4 is 6.21 Å². The highest BCUT2D eigenvalue weighted by Crippen LogP contribution is 2.21. The number of nitrogens with zero attached hydrogens (tertiary/aromatic N) is 2. The molecule has 4 nitrogen and oxygen atoms in total. The average Bonchev–Trinajstić information content (AvgIpc) is 2.39. The third-order valence-electron chi connectivity index (χ3n) is 2.93. The van der Waals surface area contributed by atoms with Crippen LogP contribution in [0.25, 0.3) is 0 Å². The Balaban J connectivity index is 2.08. The molecule has 4 heteroatoms. The first-order valence-electron chi connectivity index (χ1n) is 5.95. The molecule has 1 aliphatic heterocycles. The van der Waals surface area contributed by atoms with E-state index in [9.17, 15) is 5.11 Å². The summed E-state index contributed by atoms with van der Waals surface area (Å²) in [5.41, 5.74) is 0.690. The Labute approximate surface area is 102 Å². The highest BCUT2D eigenvalue weighted by Gasteiger charge is 2.07. The fourth-order valence-electron chi connectivity index (χ4n) is 1.90. The van der Waals surface area contributed by atoms with Gasteiger partial charge in [-0.2, -0.15) is 5.10 Å². The average molecular weight is 234 g/mol. The molecule has 0 bridgehead atoms. The molecule has 0 spiro atoms. The summed E-state index contributed by atoms with van der Waals surface area (Å²) in [4.78, 5) is 0. The normalized spacial score (nSPS) is 16.4. The van der Waals surface area contributed by atoms with Crippen LogP contribution in [0.5, 0.6) is 11.5 Å². The van der Waals surface area contributed by atoms with Crippen LogP contribution in [0.2, 0.25) is 0 Å². The topological polar surface area (TPSA) is 45.1 Å². The lowest BCUT2D eigenvalue weighted by Crippen LogP contribution is -2.24. The molecule has 0 aromatic heterocycles. The Bertz CT molecular complexity index is 398. The van der Waals surface area contributed by atoms with E-state index in [1.54, 1.807) is 31.5 Å². The molecule has 0 atom stereocenters. The molecule has 1 heterocycles. The minimum atomic E-state index is 0.228. The molecule has 17 heavy (non-hydrogen) atoms. The highest BCUT2D eigenvalue weighted by atomic mass is 16.5. The summed E-state index contributed by atoms with van der Waals surface area (Å²) in [5.74, 6) is 0.953. The van der Waals surface area contributed by atoms with Gasteiger partial charge >= 0.3 is 0 Å². The Morgan fingerprint density at radius 2 is 2.06 bits per heavy atom. The number of phenolic OH excluding ortho intramolecular Hbond substituents is 1. The van der Waals surface area contributed by atoms with Gasteiger partial charge in [-0.15, -0.1) is 0 Å². The van der Waals surface area contributed by atoms with Gasteiger partial charge in [0.25, 0.3) is 0 Å². The van der Waals surface area contributed by atoms with Crippen molar-refractivity contribution in [1.82, 2.24) is 5.01 Å². The fourth-order valence-corrected chi connectivity index (χ4v) is 1.90. The van der Waals surface area contributed by atoms with Crippen LogP contribution in [-0.4, -0.2) is 36.5 Å². The second kappa shape index (κ2) is 5.57. The number of hydrogen-bond donors (Lipinski definition) is 1. The number of rotatable bonds is 3. The Hall–Kier alpha value is -1.71. The molecule has 0 aliphatic carbocycles. The molecule has 1 aromatic carbocycles. The van der Waals surface area contributed by atoms with Crippen molar-refractivity contribution in [3.8, 4) is 11.5 Å². The van der Waals surface area contributed by atoms with Gasteiger partial charge in [0.2, 0.25) is 0 Å². The number of ether oxygens (including phenoxy) is 1. The maximum Gasteiger partial charge on any atom is 0.124 e.